The molecule has 0 bridgehead atoms. The molecule has 0 fully saturated rings. The van der Waals surface area contributed by atoms with Gasteiger partial charge in [-0.15, -0.1) is 0 Å². The third kappa shape index (κ3) is 9.79. The van der Waals surface area contributed by atoms with Gasteiger partial charge in [0.15, 0.2) is 0 Å². The van der Waals surface area contributed by atoms with Crippen molar-refractivity contribution in [3.05, 3.63) is 0 Å². The third-order valence-electron chi connectivity index (χ3n) is 3.83. The molecule has 0 saturated heterocycles. The largest absolute Gasteiger partial charge is 0.481 e. The van der Waals surface area contributed by atoms with Crippen LogP contribution >= 0.6 is 0 Å². The number of primary amides is 1. The number of aliphatic hydroxyl groups is 1. The number of rotatable bonds is 13. The van der Waals surface area contributed by atoms with Gasteiger partial charge in [0.1, 0.15) is 18.1 Å². The van der Waals surface area contributed by atoms with Gasteiger partial charge < -0.3 is 42.7 Å². The zero-order valence-electron chi connectivity index (χ0n) is 16.5. The van der Waals surface area contributed by atoms with E-state index in [1.54, 1.807) is 0 Å². The predicted octanol–water partition coefficient (Wildman–Crippen LogP) is -4.01. The lowest BCUT2D eigenvalue weighted by Crippen LogP contribution is -2.59. The number of aliphatic carboxylic acids is 2. The minimum absolute atomic E-state index is 0.388. The molecule has 0 saturated carbocycles. The van der Waals surface area contributed by atoms with Crippen LogP contribution in [0.5, 0.6) is 0 Å². The Morgan fingerprint density at radius 3 is 1.90 bits per heavy atom. The summed E-state index contributed by atoms with van der Waals surface area (Å²) >= 11 is 0. The maximum atomic E-state index is 12.5. The highest BCUT2D eigenvalue weighted by Gasteiger charge is 2.32. The topological polar surface area (TPSA) is 251 Å². The lowest BCUT2D eigenvalue weighted by Gasteiger charge is -2.25. The summed E-state index contributed by atoms with van der Waals surface area (Å²) in [7, 11) is 0. The van der Waals surface area contributed by atoms with Gasteiger partial charge in [-0.1, -0.05) is 0 Å². The molecule has 170 valence electrons. The third-order valence-corrected chi connectivity index (χ3v) is 3.83. The molecule has 0 rings (SSSR count). The Balaban J connectivity index is 5.34. The quantitative estimate of drug-likeness (QED) is 0.140. The molecule has 14 heteroatoms. The molecule has 0 aromatic rings. The Hall–Kier alpha value is -3.26. The zero-order valence-corrected chi connectivity index (χ0v) is 16.5. The highest BCUT2D eigenvalue weighted by atomic mass is 16.4. The predicted molar refractivity (Wildman–Crippen MR) is 99.4 cm³/mol. The van der Waals surface area contributed by atoms with E-state index in [9.17, 15) is 33.9 Å². The summed E-state index contributed by atoms with van der Waals surface area (Å²) in [5.74, 6) is -6.50. The van der Waals surface area contributed by atoms with Crippen molar-refractivity contribution in [3.63, 3.8) is 0 Å². The minimum atomic E-state index is -1.60. The molecule has 0 heterocycles. The van der Waals surface area contributed by atoms with Crippen LogP contribution in [0.25, 0.3) is 0 Å². The van der Waals surface area contributed by atoms with Crippen molar-refractivity contribution in [2.45, 2.75) is 63.4 Å². The van der Waals surface area contributed by atoms with Crippen molar-refractivity contribution in [3.8, 4) is 0 Å². The molecule has 5 atom stereocenters. The van der Waals surface area contributed by atoms with Gasteiger partial charge in [0, 0.05) is 6.42 Å². The van der Waals surface area contributed by atoms with E-state index in [0.29, 0.717) is 0 Å². The van der Waals surface area contributed by atoms with E-state index in [1.165, 1.54) is 0 Å². The monoisotopic (exact) mass is 433 g/mol. The molecule has 4 amide bonds. The molecule has 0 aromatic heterocycles. The van der Waals surface area contributed by atoms with E-state index in [4.69, 9.17) is 21.7 Å². The first-order valence-corrected chi connectivity index (χ1v) is 8.83. The van der Waals surface area contributed by atoms with Gasteiger partial charge in [-0.05, 0) is 20.3 Å². The van der Waals surface area contributed by atoms with Crippen molar-refractivity contribution >= 4 is 35.6 Å². The lowest BCUT2D eigenvalue weighted by atomic mass is 10.1. The summed E-state index contributed by atoms with van der Waals surface area (Å²) in [5, 5.41) is 33.9. The fourth-order valence-electron chi connectivity index (χ4n) is 2.15. The normalized spacial score (nSPS) is 15.6. The van der Waals surface area contributed by atoms with Crippen molar-refractivity contribution in [2.24, 2.45) is 11.5 Å². The number of carboxylic acid groups (broad SMARTS) is 2. The molecule has 14 nitrogen and oxygen atoms in total. The van der Waals surface area contributed by atoms with Gasteiger partial charge in [0.05, 0.1) is 18.6 Å². The Bertz CT molecular complexity index is 682. The molecule has 0 spiro atoms. The first-order chi connectivity index (χ1) is 13.8. The molecule has 0 radical (unpaired) electrons. The maximum Gasteiger partial charge on any atom is 0.325 e. The van der Waals surface area contributed by atoms with Crippen LogP contribution in [0.15, 0.2) is 0 Å². The second-order valence-corrected chi connectivity index (χ2v) is 6.57. The van der Waals surface area contributed by atoms with Gasteiger partial charge in [-0.25, -0.2) is 0 Å². The standard InChI is InChI=1S/C16H27N5O9/c1-6(16(29)30)19-14(27)9(3-4-11(24)25)20-15(28)12(7(2)22)21-13(26)8(17)5-10(18)23/h6-9,12,22H,3-5,17H2,1-2H3,(H2,18,23)(H,19,27)(H,20,28)(H,21,26)(H,24,25)(H,29,30). The van der Waals surface area contributed by atoms with E-state index in [-0.39, 0.29) is 6.42 Å². The van der Waals surface area contributed by atoms with Crippen molar-refractivity contribution in [2.75, 3.05) is 0 Å². The van der Waals surface area contributed by atoms with Crippen LogP contribution < -0.4 is 27.4 Å². The number of hydrogen-bond donors (Lipinski definition) is 8. The van der Waals surface area contributed by atoms with E-state index >= 15 is 0 Å². The Kier molecular flexibility index (Phi) is 11.0. The summed E-state index contributed by atoms with van der Waals surface area (Å²) in [6, 6.07) is -5.78. The van der Waals surface area contributed by atoms with Gasteiger partial charge in [0.25, 0.3) is 0 Å². The number of carbonyl (C=O) groups is 6. The first kappa shape index (κ1) is 26.7. The molecule has 0 aromatic carbocycles. The van der Waals surface area contributed by atoms with Crippen LogP contribution in [-0.4, -0.2) is 81.2 Å². The fraction of sp³-hybridized carbons (Fsp3) is 0.625. The Labute approximate surface area is 171 Å². The lowest BCUT2D eigenvalue weighted by molar-refractivity contribution is -0.142. The smallest absolute Gasteiger partial charge is 0.325 e. The van der Waals surface area contributed by atoms with Crippen LogP contribution in [0.1, 0.15) is 33.1 Å². The van der Waals surface area contributed by atoms with E-state index in [2.05, 4.69) is 16.0 Å². The van der Waals surface area contributed by atoms with Crippen LogP contribution in [0.4, 0.5) is 0 Å². The highest BCUT2D eigenvalue weighted by Crippen LogP contribution is 2.03. The number of amides is 4. The van der Waals surface area contributed by atoms with Crippen LogP contribution in [0.2, 0.25) is 0 Å². The molecule has 30 heavy (non-hydrogen) atoms. The fourth-order valence-corrected chi connectivity index (χ4v) is 2.15. The van der Waals surface area contributed by atoms with E-state index in [0.717, 1.165) is 13.8 Å². The van der Waals surface area contributed by atoms with Gasteiger partial charge >= 0.3 is 11.9 Å². The zero-order chi connectivity index (χ0) is 23.6. The summed E-state index contributed by atoms with van der Waals surface area (Å²) in [6.07, 6.45) is -2.90. The van der Waals surface area contributed by atoms with E-state index in [1.807, 2.05) is 0 Å². The molecule has 0 aliphatic carbocycles. The number of aliphatic hydroxyl groups excluding tert-OH is 1. The van der Waals surface area contributed by atoms with Crippen molar-refractivity contribution in [1.82, 2.24) is 16.0 Å². The van der Waals surface area contributed by atoms with Crippen LogP contribution in [-0.2, 0) is 28.8 Å². The summed E-state index contributed by atoms with van der Waals surface area (Å²) < 4.78 is 0. The Morgan fingerprint density at radius 2 is 1.47 bits per heavy atom. The summed E-state index contributed by atoms with van der Waals surface area (Å²) in [4.78, 5) is 69.3. The number of nitrogens with one attached hydrogen (secondary N) is 3. The molecular weight excluding hydrogens is 406 g/mol. The highest BCUT2D eigenvalue weighted by molar-refractivity contribution is 5.95. The van der Waals surface area contributed by atoms with Gasteiger partial charge in [-0.3, -0.25) is 28.8 Å². The van der Waals surface area contributed by atoms with Gasteiger partial charge in [-0.2, -0.15) is 0 Å². The van der Waals surface area contributed by atoms with Crippen molar-refractivity contribution in [1.29, 1.82) is 0 Å². The second-order valence-electron chi connectivity index (χ2n) is 6.57. The number of carbonyl (C=O) groups excluding carboxylic acids is 4. The van der Waals surface area contributed by atoms with Crippen LogP contribution in [0, 0.1) is 0 Å². The minimum Gasteiger partial charge on any atom is -0.481 e. The molecule has 5 unspecified atom stereocenters. The molecular formula is C16H27N5O9. The second kappa shape index (κ2) is 12.3. The average molecular weight is 433 g/mol. The average Bonchev–Trinajstić information content (AvgIpc) is 2.61. The Morgan fingerprint density at radius 1 is 0.900 bits per heavy atom. The number of nitrogens with two attached hydrogens (primary N) is 2. The maximum absolute atomic E-state index is 12.5. The molecule has 10 N–H and O–H groups in total. The SMILES string of the molecule is CC(NC(=O)C(CCC(=O)O)NC(=O)C(NC(=O)C(N)CC(N)=O)C(C)O)C(=O)O. The number of carboxylic acids is 2. The summed E-state index contributed by atoms with van der Waals surface area (Å²) in [6.45, 7) is 2.32. The number of hydrogen-bond acceptors (Lipinski definition) is 8. The van der Waals surface area contributed by atoms with Gasteiger partial charge in [0.2, 0.25) is 23.6 Å². The van der Waals surface area contributed by atoms with Crippen LogP contribution in [0.3, 0.4) is 0 Å². The molecule has 0 aliphatic heterocycles. The summed E-state index contributed by atoms with van der Waals surface area (Å²) in [5.41, 5.74) is 10.4. The molecule has 0 aliphatic rings. The first-order valence-electron chi connectivity index (χ1n) is 8.83. The van der Waals surface area contributed by atoms with E-state index < -0.39 is 78.7 Å². The van der Waals surface area contributed by atoms with Crippen molar-refractivity contribution < 1.29 is 44.1 Å².